The van der Waals surface area contributed by atoms with Crippen LogP contribution in [0.5, 0.6) is 0 Å². The van der Waals surface area contributed by atoms with Crippen LogP contribution in [0.3, 0.4) is 0 Å². The molecule has 1 aromatic carbocycles. The largest absolute Gasteiger partial charge is 0.303 e. The molecule has 1 fully saturated rings. The monoisotopic (exact) mass is 296 g/mol. The summed E-state index contributed by atoms with van der Waals surface area (Å²) in [6.07, 6.45) is 1.23. The molecule has 1 heterocycles. The summed E-state index contributed by atoms with van der Waals surface area (Å²) >= 11 is 3.53. The summed E-state index contributed by atoms with van der Waals surface area (Å²) in [6.45, 7) is 4.71. The van der Waals surface area contributed by atoms with Gasteiger partial charge in [0.1, 0.15) is 0 Å². The minimum absolute atomic E-state index is 0.564. The summed E-state index contributed by atoms with van der Waals surface area (Å²) in [6, 6.07) is 11.5. The Balaban J connectivity index is 2.08. The van der Waals surface area contributed by atoms with Crippen molar-refractivity contribution in [3.63, 3.8) is 0 Å². The molecule has 1 atom stereocenters. The maximum absolute atomic E-state index is 3.53. The predicted octanol–water partition coefficient (Wildman–Crippen LogP) is 2.76. The maximum Gasteiger partial charge on any atom is 0.0475 e. The van der Waals surface area contributed by atoms with Gasteiger partial charge in [0, 0.05) is 31.0 Å². The highest BCUT2D eigenvalue weighted by atomic mass is 79.9. The van der Waals surface area contributed by atoms with Crippen LogP contribution in [0.25, 0.3) is 0 Å². The molecule has 1 saturated heterocycles. The van der Waals surface area contributed by atoms with E-state index >= 15 is 0 Å². The second-order valence-corrected chi connectivity index (χ2v) is 5.56. The van der Waals surface area contributed by atoms with E-state index in [2.05, 4.69) is 63.1 Å². The molecule has 0 radical (unpaired) electrons. The van der Waals surface area contributed by atoms with E-state index < -0.39 is 0 Å². The van der Waals surface area contributed by atoms with Gasteiger partial charge in [-0.2, -0.15) is 0 Å². The van der Waals surface area contributed by atoms with Gasteiger partial charge in [-0.25, -0.2) is 0 Å². The van der Waals surface area contributed by atoms with Gasteiger partial charge in [0.05, 0.1) is 0 Å². The molecule has 0 aromatic heterocycles. The van der Waals surface area contributed by atoms with Crippen LogP contribution in [0.15, 0.2) is 30.3 Å². The molecule has 2 rings (SSSR count). The zero-order valence-corrected chi connectivity index (χ0v) is 12.1. The van der Waals surface area contributed by atoms with Crippen molar-refractivity contribution >= 4 is 15.9 Å². The number of likely N-dealkylation sites (N-methyl/N-ethyl adjacent to an activating group) is 1. The number of hydrogen-bond donors (Lipinski definition) is 0. The molecule has 0 spiro atoms. The highest BCUT2D eigenvalue weighted by Gasteiger charge is 2.25. The third-order valence-electron chi connectivity index (χ3n) is 3.46. The van der Waals surface area contributed by atoms with Crippen LogP contribution in [-0.2, 0) is 0 Å². The standard InChI is InChI=1S/C14H21BrN2/c1-16-10-11-17(9-5-8-15)14(12-16)13-6-3-2-4-7-13/h2-4,6-7,14H,5,8-12H2,1H3. The van der Waals surface area contributed by atoms with Crippen LogP contribution in [0.2, 0.25) is 0 Å². The van der Waals surface area contributed by atoms with E-state index in [-0.39, 0.29) is 0 Å². The van der Waals surface area contributed by atoms with Gasteiger partial charge in [-0.15, -0.1) is 0 Å². The highest BCUT2D eigenvalue weighted by molar-refractivity contribution is 9.09. The molecular weight excluding hydrogens is 276 g/mol. The molecular formula is C14H21BrN2. The smallest absolute Gasteiger partial charge is 0.0475 e. The SMILES string of the molecule is CN1CCN(CCCBr)C(c2ccccc2)C1. The number of benzene rings is 1. The zero-order valence-electron chi connectivity index (χ0n) is 10.5. The van der Waals surface area contributed by atoms with Crippen LogP contribution in [0, 0.1) is 0 Å². The van der Waals surface area contributed by atoms with E-state index in [1.54, 1.807) is 0 Å². The lowest BCUT2D eigenvalue weighted by atomic mass is 10.0. The van der Waals surface area contributed by atoms with Gasteiger partial charge in [0.15, 0.2) is 0 Å². The number of halogens is 1. The van der Waals surface area contributed by atoms with E-state index in [0.717, 1.165) is 11.9 Å². The zero-order chi connectivity index (χ0) is 12.1. The Hall–Kier alpha value is -0.380. The third kappa shape index (κ3) is 3.54. The van der Waals surface area contributed by atoms with Crippen molar-refractivity contribution in [2.45, 2.75) is 12.5 Å². The molecule has 3 heteroatoms. The van der Waals surface area contributed by atoms with E-state index in [0.29, 0.717) is 6.04 Å². The van der Waals surface area contributed by atoms with Gasteiger partial charge in [-0.05, 0) is 25.6 Å². The van der Waals surface area contributed by atoms with Gasteiger partial charge in [0.25, 0.3) is 0 Å². The first-order valence-corrected chi connectivity index (χ1v) is 7.47. The van der Waals surface area contributed by atoms with Gasteiger partial charge < -0.3 is 4.90 Å². The summed E-state index contributed by atoms with van der Waals surface area (Å²) in [5.41, 5.74) is 1.45. The Morgan fingerprint density at radius 2 is 2.00 bits per heavy atom. The van der Waals surface area contributed by atoms with Crippen LogP contribution >= 0.6 is 15.9 Å². The number of piperazine rings is 1. The lowest BCUT2D eigenvalue weighted by molar-refractivity contribution is 0.0904. The maximum atomic E-state index is 3.53. The molecule has 1 aromatic rings. The quantitative estimate of drug-likeness (QED) is 0.789. The van der Waals surface area contributed by atoms with Crippen LogP contribution in [-0.4, -0.2) is 48.4 Å². The Morgan fingerprint density at radius 1 is 1.24 bits per heavy atom. The molecule has 0 N–H and O–H groups in total. The number of hydrogen-bond acceptors (Lipinski definition) is 2. The third-order valence-corrected chi connectivity index (χ3v) is 4.02. The molecule has 94 valence electrons. The molecule has 0 amide bonds. The molecule has 0 bridgehead atoms. The predicted molar refractivity (Wildman–Crippen MR) is 76.7 cm³/mol. The molecule has 1 aliphatic heterocycles. The minimum atomic E-state index is 0.564. The van der Waals surface area contributed by atoms with Crippen molar-refractivity contribution in [2.75, 3.05) is 38.6 Å². The molecule has 1 aliphatic rings. The second-order valence-electron chi connectivity index (χ2n) is 4.77. The summed E-state index contributed by atoms with van der Waals surface area (Å²) in [5.74, 6) is 0. The highest BCUT2D eigenvalue weighted by Crippen LogP contribution is 2.24. The van der Waals surface area contributed by atoms with E-state index in [1.807, 2.05) is 0 Å². The van der Waals surface area contributed by atoms with Gasteiger partial charge >= 0.3 is 0 Å². The summed E-state index contributed by atoms with van der Waals surface area (Å²) < 4.78 is 0. The van der Waals surface area contributed by atoms with Crippen LogP contribution < -0.4 is 0 Å². The van der Waals surface area contributed by atoms with Crippen molar-refractivity contribution in [3.8, 4) is 0 Å². The lowest BCUT2D eigenvalue weighted by Crippen LogP contribution is -2.47. The number of nitrogens with zero attached hydrogens (tertiary/aromatic N) is 2. The molecule has 0 aliphatic carbocycles. The first kappa shape index (κ1) is 13.1. The fourth-order valence-corrected chi connectivity index (χ4v) is 2.73. The first-order chi connectivity index (χ1) is 8.31. The van der Waals surface area contributed by atoms with Crippen molar-refractivity contribution < 1.29 is 0 Å². The Morgan fingerprint density at radius 3 is 2.71 bits per heavy atom. The lowest BCUT2D eigenvalue weighted by Gasteiger charge is -2.40. The number of rotatable bonds is 4. The van der Waals surface area contributed by atoms with Crippen LogP contribution in [0.1, 0.15) is 18.0 Å². The summed E-state index contributed by atoms with van der Waals surface area (Å²) in [7, 11) is 2.22. The Bertz CT molecular complexity index is 326. The van der Waals surface area contributed by atoms with Gasteiger partial charge in [-0.1, -0.05) is 46.3 Å². The fraction of sp³-hybridized carbons (Fsp3) is 0.571. The number of alkyl halides is 1. The molecule has 1 unspecified atom stereocenters. The van der Waals surface area contributed by atoms with E-state index in [1.165, 1.54) is 31.6 Å². The Labute approximate surface area is 113 Å². The topological polar surface area (TPSA) is 6.48 Å². The Kier molecular flexibility index (Phi) is 5.01. The molecule has 0 saturated carbocycles. The first-order valence-electron chi connectivity index (χ1n) is 6.35. The van der Waals surface area contributed by atoms with Crippen molar-refractivity contribution in [1.82, 2.24) is 9.80 Å². The average Bonchev–Trinajstić information content (AvgIpc) is 2.38. The van der Waals surface area contributed by atoms with Gasteiger partial charge in [-0.3, -0.25) is 4.90 Å². The van der Waals surface area contributed by atoms with E-state index in [4.69, 9.17) is 0 Å². The second kappa shape index (κ2) is 6.53. The van der Waals surface area contributed by atoms with E-state index in [9.17, 15) is 0 Å². The molecule has 2 nitrogen and oxygen atoms in total. The van der Waals surface area contributed by atoms with Crippen molar-refractivity contribution in [3.05, 3.63) is 35.9 Å². The minimum Gasteiger partial charge on any atom is -0.303 e. The fourth-order valence-electron chi connectivity index (χ4n) is 2.48. The normalized spacial score (nSPS) is 22.8. The van der Waals surface area contributed by atoms with Gasteiger partial charge in [0.2, 0.25) is 0 Å². The average molecular weight is 297 g/mol. The van der Waals surface area contributed by atoms with Crippen molar-refractivity contribution in [1.29, 1.82) is 0 Å². The van der Waals surface area contributed by atoms with Crippen molar-refractivity contribution in [2.24, 2.45) is 0 Å². The summed E-state index contributed by atoms with van der Waals surface area (Å²) in [5, 5.41) is 1.10. The molecule has 17 heavy (non-hydrogen) atoms. The van der Waals surface area contributed by atoms with Crippen LogP contribution in [0.4, 0.5) is 0 Å². The summed E-state index contributed by atoms with van der Waals surface area (Å²) in [4.78, 5) is 5.05.